The molecule has 2 rings (SSSR count). The van der Waals surface area contributed by atoms with Gasteiger partial charge in [0.25, 0.3) is 0 Å². The highest BCUT2D eigenvalue weighted by Crippen LogP contribution is 2.17. The van der Waals surface area contributed by atoms with Gasteiger partial charge in [-0.3, -0.25) is 0 Å². The summed E-state index contributed by atoms with van der Waals surface area (Å²) in [5.41, 5.74) is 8.47. The molecule has 0 aliphatic heterocycles. The normalized spacial score (nSPS) is 11.7. The highest BCUT2D eigenvalue weighted by atomic mass is 79.9. The van der Waals surface area contributed by atoms with E-state index in [0.29, 0.717) is 5.11 Å². The van der Waals surface area contributed by atoms with Gasteiger partial charge in [0, 0.05) is 15.8 Å². The van der Waals surface area contributed by atoms with Crippen LogP contribution in [0.25, 0.3) is 0 Å². The van der Waals surface area contributed by atoms with Crippen molar-refractivity contribution in [1.29, 1.82) is 0 Å². The molecule has 104 valence electrons. The predicted molar refractivity (Wildman–Crippen MR) is 92.8 cm³/mol. The second kappa shape index (κ2) is 6.72. The molecule has 0 radical (unpaired) electrons. The van der Waals surface area contributed by atoms with Gasteiger partial charge in [-0.05, 0) is 61.1 Å². The lowest BCUT2D eigenvalue weighted by atomic mass is 10.1. The van der Waals surface area contributed by atoms with Crippen LogP contribution in [0.5, 0.6) is 0 Å². The Morgan fingerprint density at radius 1 is 1.10 bits per heavy atom. The molecule has 2 aromatic carbocycles. The number of benzene rings is 2. The topological polar surface area (TPSA) is 50.1 Å². The number of hydrogen-bond donors (Lipinski definition) is 3. The first-order valence-electron chi connectivity index (χ1n) is 6.23. The maximum absolute atomic E-state index is 5.65. The fraction of sp³-hybridized carbons (Fsp3) is 0.133. The standard InChI is InChI=1S/C15H16BrN3S/c1-10(11-2-4-12(16)5-3-11)18-15(20)19-14-8-6-13(17)7-9-14/h2-10H,17H2,1H3,(H2,18,19,20)/t10-/m1/s1. The Morgan fingerprint density at radius 3 is 2.30 bits per heavy atom. The van der Waals surface area contributed by atoms with Crippen LogP contribution >= 0.6 is 28.1 Å². The van der Waals surface area contributed by atoms with Crippen molar-refractivity contribution < 1.29 is 0 Å². The van der Waals surface area contributed by atoms with Gasteiger partial charge in [-0.2, -0.15) is 0 Å². The van der Waals surface area contributed by atoms with Crippen LogP contribution in [0.15, 0.2) is 53.0 Å². The van der Waals surface area contributed by atoms with E-state index in [1.165, 1.54) is 5.56 Å². The van der Waals surface area contributed by atoms with Crippen LogP contribution in [-0.2, 0) is 0 Å². The Bertz CT molecular complexity index is 581. The first-order valence-corrected chi connectivity index (χ1v) is 7.43. The van der Waals surface area contributed by atoms with E-state index in [0.717, 1.165) is 15.8 Å². The summed E-state index contributed by atoms with van der Waals surface area (Å²) in [5, 5.41) is 6.98. The first kappa shape index (κ1) is 14.8. The molecule has 0 aliphatic rings. The largest absolute Gasteiger partial charge is 0.399 e. The molecule has 1 atom stereocenters. The van der Waals surface area contributed by atoms with Crippen LogP contribution in [0.2, 0.25) is 0 Å². The minimum atomic E-state index is 0.136. The second-order valence-corrected chi connectivity index (χ2v) is 5.82. The number of nitrogen functional groups attached to an aromatic ring is 1. The molecule has 2 aromatic rings. The summed E-state index contributed by atoms with van der Waals surface area (Å²) in [6.07, 6.45) is 0. The number of halogens is 1. The van der Waals surface area contributed by atoms with E-state index < -0.39 is 0 Å². The number of thiocarbonyl (C=S) groups is 1. The first-order chi connectivity index (χ1) is 9.54. The Kier molecular flexibility index (Phi) is 4.98. The van der Waals surface area contributed by atoms with Crippen LogP contribution in [0.1, 0.15) is 18.5 Å². The highest BCUT2D eigenvalue weighted by Gasteiger charge is 2.06. The van der Waals surface area contributed by atoms with E-state index in [1.807, 2.05) is 36.4 Å². The second-order valence-electron chi connectivity index (χ2n) is 4.49. The van der Waals surface area contributed by atoms with Gasteiger partial charge < -0.3 is 16.4 Å². The molecule has 0 fully saturated rings. The van der Waals surface area contributed by atoms with Gasteiger partial charge in [0.1, 0.15) is 0 Å². The number of anilines is 2. The lowest BCUT2D eigenvalue weighted by molar-refractivity contribution is 0.722. The zero-order chi connectivity index (χ0) is 14.5. The molecule has 0 spiro atoms. The molecule has 5 heteroatoms. The van der Waals surface area contributed by atoms with Crippen molar-refractivity contribution in [3.05, 3.63) is 58.6 Å². The molecule has 0 saturated heterocycles. The van der Waals surface area contributed by atoms with Crippen molar-refractivity contribution in [3.63, 3.8) is 0 Å². The lowest BCUT2D eigenvalue weighted by Gasteiger charge is -2.17. The Morgan fingerprint density at radius 2 is 1.70 bits per heavy atom. The average Bonchev–Trinajstić information content (AvgIpc) is 2.42. The average molecular weight is 350 g/mol. The monoisotopic (exact) mass is 349 g/mol. The molecule has 4 N–H and O–H groups in total. The summed E-state index contributed by atoms with van der Waals surface area (Å²) in [6.45, 7) is 2.07. The minimum absolute atomic E-state index is 0.136. The van der Waals surface area contributed by atoms with Crippen molar-refractivity contribution in [2.45, 2.75) is 13.0 Å². The van der Waals surface area contributed by atoms with Gasteiger partial charge in [-0.25, -0.2) is 0 Å². The lowest BCUT2D eigenvalue weighted by Crippen LogP contribution is -2.30. The maximum Gasteiger partial charge on any atom is 0.171 e. The van der Waals surface area contributed by atoms with E-state index >= 15 is 0 Å². The van der Waals surface area contributed by atoms with Crippen molar-refractivity contribution in [2.75, 3.05) is 11.1 Å². The molecule has 0 saturated carbocycles. The molecule has 0 aromatic heterocycles. The maximum atomic E-state index is 5.65. The van der Waals surface area contributed by atoms with E-state index in [9.17, 15) is 0 Å². The van der Waals surface area contributed by atoms with Gasteiger partial charge in [0.05, 0.1) is 6.04 Å². The Balaban J connectivity index is 1.93. The summed E-state index contributed by atoms with van der Waals surface area (Å²) in [7, 11) is 0. The molecule has 20 heavy (non-hydrogen) atoms. The summed E-state index contributed by atoms with van der Waals surface area (Å²) in [6, 6.07) is 15.8. The van der Waals surface area contributed by atoms with Crippen molar-refractivity contribution >= 4 is 44.6 Å². The van der Waals surface area contributed by atoms with Gasteiger partial charge in [-0.1, -0.05) is 28.1 Å². The van der Waals surface area contributed by atoms with Gasteiger partial charge in [0.15, 0.2) is 5.11 Å². The smallest absolute Gasteiger partial charge is 0.171 e. The fourth-order valence-electron chi connectivity index (χ4n) is 1.77. The SMILES string of the molecule is C[C@@H](NC(=S)Nc1ccc(N)cc1)c1ccc(Br)cc1. The van der Waals surface area contributed by atoms with Crippen LogP contribution < -0.4 is 16.4 Å². The Labute approximate surface area is 132 Å². The number of nitrogens with two attached hydrogens (primary N) is 1. The molecule has 0 heterocycles. The van der Waals surface area contributed by atoms with Crippen LogP contribution in [0.3, 0.4) is 0 Å². The number of rotatable bonds is 3. The Hall–Kier alpha value is -1.59. The van der Waals surface area contributed by atoms with Crippen molar-refractivity contribution in [1.82, 2.24) is 5.32 Å². The molecule has 0 aliphatic carbocycles. The van der Waals surface area contributed by atoms with Crippen molar-refractivity contribution in [2.24, 2.45) is 0 Å². The summed E-state index contributed by atoms with van der Waals surface area (Å²) in [5.74, 6) is 0. The van der Waals surface area contributed by atoms with Crippen LogP contribution in [0, 0.1) is 0 Å². The number of hydrogen-bond acceptors (Lipinski definition) is 2. The van der Waals surface area contributed by atoms with Gasteiger partial charge >= 0.3 is 0 Å². The summed E-state index contributed by atoms with van der Waals surface area (Å²) >= 11 is 8.73. The quantitative estimate of drug-likeness (QED) is 0.577. The van der Waals surface area contributed by atoms with Gasteiger partial charge in [0.2, 0.25) is 0 Å². The highest BCUT2D eigenvalue weighted by molar-refractivity contribution is 9.10. The third-order valence-electron chi connectivity index (χ3n) is 2.89. The molecular formula is C15H16BrN3S. The van der Waals surface area contributed by atoms with Gasteiger partial charge in [-0.15, -0.1) is 0 Å². The molecule has 0 amide bonds. The minimum Gasteiger partial charge on any atom is -0.399 e. The van der Waals surface area contributed by atoms with E-state index in [4.69, 9.17) is 18.0 Å². The zero-order valence-electron chi connectivity index (χ0n) is 11.1. The van der Waals surface area contributed by atoms with Crippen LogP contribution in [-0.4, -0.2) is 5.11 Å². The summed E-state index contributed by atoms with van der Waals surface area (Å²) in [4.78, 5) is 0. The third kappa shape index (κ3) is 4.21. The van der Waals surface area contributed by atoms with Crippen molar-refractivity contribution in [3.8, 4) is 0 Å². The third-order valence-corrected chi connectivity index (χ3v) is 3.63. The van der Waals surface area contributed by atoms with E-state index in [2.05, 4.69) is 45.6 Å². The fourth-order valence-corrected chi connectivity index (χ4v) is 2.32. The molecule has 3 nitrogen and oxygen atoms in total. The van der Waals surface area contributed by atoms with Crippen LogP contribution in [0.4, 0.5) is 11.4 Å². The van der Waals surface area contributed by atoms with E-state index in [1.54, 1.807) is 0 Å². The predicted octanol–water partition coefficient (Wildman–Crippen LogP) is 4.08. The molecular weight excluding hydrogens is 334 g/mol. The zero-order valence-corrected chi connectivity index (χ0v) is 13.5. The van der Waals surface area contributed by atoms with E-state index in [-0.39, 0.29) is 6.04 Å². The molecule has 0 bridgehead atoms. The molecule has 0 unspecified atom stereocenters. The number of nitrogens with one attached hydrogen (secondary N) is 2. The summed E-state index contributed by atoms with van der Waals surface area (Å²) < 4.78 is 1.07.